The molecular formula is C26H27NO3. The minimum Gasteiger partial charge on any atom is -0.481 e. The molecule has 0 bridgehead atoms. The van der Waals surface area contributed by atoms with E-state index in [9.17, 15) is 4.79 Å². The molecule has 3 aromatic rings. The summed E-state index contributed by atoms with van der Waals surface area (Å²) in [5, 5.41) is 9.13. The molecule has 0 unspecified atom stereocenters. The van der Waals surface area contributed by atoms with E-state index in [0.717, 1.165) is 43.0 Å². The van der Waals surface area contributed by atoms with Crippen molar-refractivity contribution in [2.45, 2.75) is 38.6 Å². The molecule has 0 aromatic heterocycles. The van der Waals surface area contributed by atoms with Gasteiger partial charge in [0.25, 0.3) is 0 Å². The summed E-state index contributed by atoms with van der Waals surface area (Å²) in [7, 11) is 0. The third kappa shape index (κ3) is 4.82. The fourth-order valence-electron chi connectivity index (χ4n) is 4.18. The molecule has 0 saturated carbocycles. The van der Waals surface area contributed by atoms with Crippen molar-refractivity contribution in [1.82, 2.24) is 0 Å². The highest BCUT2D eigenvalue weighted by atomic mass is 16.5. The first kappa shape index (κ1) is 20.0. The summed E-state index contributed by atoms with van der Waals surface area (Å²) in [5.74, 6) is 0.858. The average molecular weight is 402 g/mol. The van der Waals surface area contributed by atoms with E-state index in [2.05, 4.69) is 48.2 Å². The van der Waals surface area contributed by atoms with E-state index < -0.39 is 5.97 Å². The largest absolute Gasteiger partial charge is 0.481 e. The lowest BCUT2D eigenvalue weighted by molar-refractivity contribution is -0.137. The van der Waals surface area contributed by atoms with Crippen LogP contribution in [-0.4, -0.2) is 23.7 Å². The minimum atomic E-state index is -0.738. The van der Waals surface area contributed by atoms with Gasteiger partial charge in [0.2, 0.25) is 0 Å². The molecule has 1 aliphatic rings. The zero-order chi connectivity index (χ0) is 20.9. The molecular weight excluding hydrogens is 374 g/mol. The van der Waals surface area contributed by atoms with Crippen LogP contribution >= 0.6 is 0 Å². The van der Waals surface area contributed by atoms with Gasteiger partial charge in [0.1, 0.15) is 11.5 Å². The van der Waals surface area contributed by atoms with Gasteiger partial charge in [-0.2, -0.15) is 0 Å². The maximum Gasteiger partial charge on any atom is 0.305 e. The molecule has 154 valence electrons. The minimum absolute atomic E-state index is 0.0763. The van der Waals surface area contributed by atoms with Gasteiger partial charge in [-0.3, -0.25) is 4.79 Å². The van der Waals surface area contributed by atoms with Crippen molar-refractivity contribution in [3.05, 3.63) is 89.5 Å². The zero-order valence-corrected chi connectivity index (χ0v) is 17.3. The summed E-state index contributed by atoms with van der Waals surface area (Å²) in [5.41, 5.74) is 4.88. The predicted octanol–water partition coefficient (Wildman–Crippen LogP) is 5.82. The third-order valence-electron chi connectivity index (χ3n) is 5.75. The van der Waals surface area contributed by atoms with Gasteiger partial charge in [0, 0.05) is 18.3 Å². The SMILES string of the molecule is Cc1ccccc1Cc1cccc(Oc2ccc(N3CCC[C@H]3CC(=O)O)cc2)c1. The van der Waals surface area contributed by atoms with Gasteiger partial charge in [-0.05, 0) is 79.3 Å². The van der Waals surface area contributed by atoms with Crippen LogP contribution in [0.2, 0.25) is 0 Å². The highest BCUT2D eigenvalue weighted by molar-refractivity contribution is 5.69. The molecule has 4 nitrogen and oxygen atoms in total. The topological polar surface area (TPSA) is 49.8 Å². The Kier molecular flexibility index (Phi) is 6.03. The van der Waals surface area contributed by atoms with Crippen LogP contribution in [0.25, 0.3) is 0 Å². The van der Waals surface area contributed by atoms with Crippen LogP contribution in [0, 0.1) is 6.92 Å². The van der Waals surface area contributed by atoms with Crippen LogP contribution in [0.5, 0.6) is 11.5 Å². The van der Waals surface area contributed by atoms with Gasteiger partial charge in [0.05, 0.1) is 6.42 Å². The Morgan fingerprint density at radius 1 is 1.03 bits per heavy atom. The maximum atomic E-state index is 11.1. The number of carboxylic acids is 1. The van der Waals surface area contributed by atoms with Crippen LogP contribution in [0.1, 0.15) is 36.0 Å². The molecule has 1 saturated heterocycles. The van der Waals surface area contributed by atoms with Crippen LogP contribution in [-0.2, 0) is 11.2 Å². The molecule has 0 amide bonds. The second-order valence-corrected chi connectivity index (χ2v) is 7.93. The summed E-state index contributed by atoms with van der Waals surface area (Å²) < 4.78 is 6.08. The Morgan fingerprint density at radius 3 is 2.60 bits per heavy atom. The van der Waals surface area contributed by atoms with Crippen molar-refractivity contribution >= 4 is 11.7 Å². The van der Waals surface area contributed by atoms with Crippen molar-refractivity contribution in [3.8, 4) is 11.5 Å². The average Bonchev–Trinajstić information content (AvgIpc) is 3.18. The second kappa shape index (κ2) is 9.04. The Balaban J connectivity index is 1.43. The summed E-state index contributed by atoms with van der Waals surface area (Å²) >= 11 is 0. The Labute approximate surface area is 177 Å². The van der Waals surface area contributed by atoms with Crippen molar-refractivity contribution < 1.29 is 14.6 Å². The highest BCUT2D eigenvalue weighted by Gasteiger charge is 2.26. The number of benzene rings is 3. The lowest BCUT2D eigenvalue weighted by atomic mass is 10.0. The van der Waals surface area contributed by atoms with Gasteiger partial charge < -0.3 is 14.7 Å². The summed E-state index contributed by atoms with van der Waals surface area (Å²) in [6.45, 7) is 3.04. The van der Waals surface area contributed by atoms with E-state index in [4.69, 9.17) is 9.84 Å². The standard InChI is InChI=1S/C26H27NO3/c1-19-6-2-3-8-21(19)16-20-7-4-10-25(17-20)30-24-13-11-22(12-14-24)27-15-5-9-23(27)18-26(28)29/h2-4,6-8,10-14,17,23H,5,9,15-16,18H2,1H3,(H,28,29)/t23-/m0/s1. The molecule has 4 rings (SSSR count). The number of anilines is 1. The van der Waals surface area contributed by atoms with Gasteiger partial charge >= 0.3 is 5.97 Å². The van der Waals surface area contributed by atoms with Crippen molar-refractivity contribution in [3.63, 3.8) is 0 Å². The van der Waals surface area contributed by atoms with Crippen LogP contribution < -0.4 is 9.64 Å². The number of rotatable bonds is 7. The maximum absolute atomic E-state index is 11.1. The Hall–Kier alpha value is -3.27. The van der Waals surface area contributed by atoms with E-state index >= 15 is 0 Å². The van der Waals surface area contributed by atoms with E-state index in [-0.39, 0.29) is 12.5 Å². The number of hydrogen-bond acceptors (Lipinski definition) is 3. The molecule has 0 spiro atoms. The van der Waals surface area contributed by atoms with Gasteiger partial charge in [-0.1, -0.05) is 36.4 Å². The molecule has 0 aliphatic carbocycles. The number of carboxylic acid groups (broad SMARTS) is 1. The zero-order valence-electron chi connectivity index (χ0n) is 17.3. The molecule has 1 fully saturated rings. The number of nitrogens with zero attached hydrogens (tertiary/aromatic N) is 1. The van der Waals surface area contributed by atoms with E-state index in [1.54, 1.807) is 0 Å². The molecule has 3 aromatic carbocycles. The quantitative estimate of drug-likeness (QED) is 0.542. The van der Waals surface area contributed by atoms with Crippen LogP contribution in [0.3, 0.4) is 0 Å². The first-order valence-electron chi connectivity index (χ1n) is 10.5. The van der Waals surface area contributed by atoms with Crippen LogP contribution in [0.15, 0.2) is 72.8 Å². The van der Waals surface area contributed by atoms with Crippen LogP contribution in [0.4, 0.5) is 5.69 Å². The number of carbonyl (C=O) groups is 1. The lowest BCUT2D eigenvalue weighted by Gasteiger charge is -2.25. The number of ether oxygens (including phenoxy) is 1. The van der Waals surface area contributed by atoms with Gasteiger partial charge in [-0.15, -0.1) is 0 Å². The first-order chi connectivity index (χ1) is 14.6. The van der Waals surface area contributed by atoms with E-state index in [0.29, 0.717) is 0 Å². The number of aliphatic carboxylic acids is 1. The van der Waals surface area contributed by atoms with E-state index in [1.807, 2.05) is 36.4 Å². The van der Waals surface area contributed by atoms with Gasteiger partial charge in [-0.25, -0.2) is 0 Å². The van der Waals surface area contributed by atoms with E-state index in [1.165, 1.54) is 16.7 Å². The fraction of sp³-hybridized carbons (Fsp3) is 0.269. The highest BCUT2D eigenvalue weighted by Crippen LogP contribution is 2.30. The third-order valence-corrected chi connectivity index (χ3v) is 5.75. The number of aryl methyl sites for hydroxylation is 1. The fourth-order valence-corrected chi connectivity index (χ4v) is 4.18. The Morgan fingerprint density at radius 2 is 1.83 bits per heavy atom. The molecule has 1 aliphatic heterocycles. The molecule has 1 N–H and O–H groups in total. The summed E-state index contributed by atoms with van der Waals surface area (Å²) in [4.78, 5) is 13.3. The Bertz CT molecular complexity index is 1010. The number of hydrogen-bond donors (Lipinski definition) is 1. The molecule has 0 radical (unpaired) electrons. The monoisotopic (exact) mass is 401 g/mol. The normalized spacial score (nSPS) is 15.9. The molecule has 1 atom stereocenters. The predicted molar refractivity (Wildman–Crippen MR) is 120 cm³/mol. The van der Waals surface area contributed by atoms with Gasteiger partial charge in [0.15, 0.2) is 0 Å². The van der Waals surface area contributed by atoms with Crippen molar-refractivity contribution in [2.75, 3.05) is 11.4 Å². The molecule has 4 heteroatoms. The van der Waals surface area contributed by atoms with Crippen molar-refractivity contribution in [1.29, 1.82) is 0 Å². The molecule has 1 heterocycles. The second-order valence-electron chi connectivity index (χ2n) is 7.93. The lowest BCUT2D eigenvalue weighted by Crippen LogP contribution is -2.31. The van der Waals surface area contributed by atoms with Crippen molar-refractivity contribution in [2.24, 2.45) is 0 Å². The summed E-state index contributed by atoms with van der Waals surface area (Å²) in [6, 6.07) is 24.7. The molecule has 30 heavy (non-hydrogen) atoms. The summed E-state index contributed by atoms with van der Waals surface area (Å²) in [6.07, 6.45) is 3.02. The first-order valence-corrected chi connectivity index (χ1v) is 10.5. The smallest absolute Gasteiger partial charge is 0.305 e.